The Hall–Kier alpha value is -6.00. The standard InChI is InChI=1S/C52H50O4.C10H18/c1-27-17-35(53-9)18-28(2)47(27)43-25-44(48-29(3)19-36(54-10)20-30(48)4)40-15-16-42-46(50-33(7)23-38(56-12)24-34(50)8)26-45(41-14-13-39(43)51(40)52(41)42)49-31(5)21-37(55-11)22-32(49)6;1-2-6-10-8-4-3-7-9(10)5-1/h13-26H,1-12H3;9-10H,1-8H2. The van der Waals surface area contributed by atoms with Gasteiger partial charge in [0, 0.05) is 0 Å². The molecule has 0 aliphatic heterocycles. The van der Waals surface area contributed by atoms with Crippen LogP contribution >= 0.6 is 0 Å². The molecule has 0 unspecified atom stereocenters. The number of hydrogen-bond acceptors (Lipinski definition) is 4. The summed E-state index contributed by atoms with van der Waals surface area (Å²) in [7, 11) is 6.96. The molecule has 2 fully saturated rings. The van der Waals surface area contributed by atoms with Crippen LogP contribution in [0.25, 0.3) is 76.8 Å². The second-order valence-electron chi connectivity index (χ2n) is 19.6. The van der Waals surface area contributed by atoms with E-state index in [0.717, 1.165) is 34.8 Å². The van der Waals surface area contributed by atoms with Crippen molar-refractivity contribution in [1.29, 1.82) is 0 Å². The van der Waals surface area contributed by atoms with E-state index in [1.54, 1.807) is 54.1 Å². The maximum absolute atomic E-state index is 5.74. The molecule has 0 atom stereocenters. The first-order valence-electron chi connectivity index (χ1n) is 24.3. The molecular formula is C62H68O4. The van der Waals surface area contributed by atoms with Crippen LogP contribution in [0, 0.1) is 67.2 Å². The maximum atomic E-state index is 5.74. The fourth-order valence-corrected chi connectivity index (χ4v) is 12.5. The van der Waals surface area contributed by atoms with Crippen molar-refractivity contribution >= 4 is 32.3 Å². The Morgan fingerprint density at radius 2 is 0.500 bits per heavy atom. The molecule has 4 nitrogen and oxygen atoms in total. The van der Waals surface area contributed by atoms with Crippen molar-refractivity contribution in [1.82, 2.24) is 0 Å². The van der Waals surface area contributed by atoms with Gasteiger partial charge in [-0.25, -0.2) is 0 Å². The lowest BCUT2D eigenvalue weighted by atomic mass is 9.71. The number of fused-ring (bicyclic) bond motifs is 1. The normalized spacial score (nSPS) is 16.0. The summed E-state index contributed by atoms with van der Waals surface area (Å²) in [6.45, 7) is 17.6. The van der Waals surface area contributed by atoms with Gasteiger partial charge < -0.3 is 18.9 Å². The number of benzene rings is 8. The zero-order chi connectivity index (χ0) is 46.6. The van der Waals surface area contributed by atoms with E-state index in [-0.39, 0.29) is 0 Å². The minimum absolute atomic E-state index is 0.869. The molecule has 0 bridgehead atoms. The highest BCUT2D eigenvalue weighted by atomic mass is 16.5. The molecule has 0 saturated heterocycles. The molecule has 0 amide bonds. The van der Waals surface area contributed by atoms with Crippen molar-refractivity contribution in [2.45, 2.75) is 107 Å². The average Bonchev–Trinajstić information content (AvgIpc) is 3.30. The third-order valence-electron chi connectivity index (χ3n) is 15.4. The second-order valence-corrected chi connectivity index (χ2v) is 19.6. The molecule has 0 N–H and O–H groups in total. The van der Waals surface area contributed by atoms with Gasteiger partial charge in [0.1, 0.15) is 23.0 Å². The van der Waals surface area contributed by atoms with Crippen molar-refractivity contribution in [2.24, 2.45) is 11.8 Å². The zero-order valence-corrected chi connectivity index (χ0v) is 41.5. The molecule has 2 aliphatic carbocycles. The summed E-state index contributed by atoms with van der Waals surface area (Å²) in [5.41, 5.74) is 19.3. The molecule has 0 heterocycles. The fourth-order valence-electron chi connectivity index (χ4n) is 12.5. The van der Waals surface area contributed by atoms with Crippen LogP contribution in [0.3, 0.4) is 0 Å². The Morgan fingerprint density at radius 1 is 0.303 bits per heavy atom. The first kappa shape index (κ1) is 45.2. The quantitative estimate of drug-likeness (QED) is 0.143. The predicted octanol–water partition coefficient (Wildman–Crippen LogP) is 17.1. The van der Waals surface area contributed by atoms with Crippen LogP contribution in [0.2, 0.25) is 0 Å². The van der Waals surface area contributed by atoms with Crippen LogP contribution < -0.4 is 18.9 Å². The Kier molecular flexibility index (Phi) is 12.6. The number of hydrogen-bond donors (Lipinski definition) is 0. The van der Waals surface area contributed by atoms with E-state index in [2.05, 4.69) is 140 Å². The monoisotopic (exact) mass is 877 g/mol. The van der Waals surface area contributed by atoms with Gasteiger partial charge in [0.25, 0.3) is 0 Å². The fraction of sp³-hybridized carbons (Fsp3) is 0.355. The molecule has 8 aromatic rings. The second kappa shape index (κ2) is 18.4. The lowest BCUT2D eigenvalue weighted by Gasteiger charge is -2.35. The van der Waals surface area contributed by atoms with Crippen LogP contribution in [0.15, 0.2) is 84.9 Å². The summed E-state index contributed by atoms with van der Waals surface area (Å²) >= 11 is 0. The Morgan fingerprint density at radius 3 is 0.682 bits per heavy atom. The summed E-state index contributed by atoms with van der Waals surface area (Å²) in [5.74, 6) is 5.79. The van der Waals surface area contributed by atoms with E-state index >= 15 is 0 Å². The van der Waals surface area contributed by atoms with Crippen LogP contribution in [0.5, 0.6) is 23.0 Å². The molecule has 0 radical (unpaired) electrons. The predicted molar refractivity (Wildman–Crippen MR) is 280 cm³/mol. The molecule has 0 spiro atoms. The highest BCUT2D eigenvalue weighted by molar-refractivity contribution is 6.32. The van der Waals surface area contributed by atoms with Crippen LogP contribution in [0.4, 0.5) is 0 Å². The smallest absolute Gasteiger partial charge is 0.119 e. The first-order chi connectivity index (χ1) is 31.8. The SMILES string of the molecule is C1CCC2CCCCC2C1.COc1cc(C)c(-c2cc(-c3c(C)cc(OC)cc3C)c3ccc4c(-c5c(C)cc(OC)cc5C)cc(-c5c(C)cc(OC)cc5C)c5ccc2c3c54)c(C)c1. The van der Waals surface area contributed by atoms with Crippen LogP contribution in [-0.2, 0) is 0 Å². The molecule has 66 heavy (non-hydrogen) atoms. The van der Waals surface area contributed by atoms with E-state index in [0.29, 0.717) is 0 Å². The van der Waals surface area contributed by atoms with Crippen molar-refractivity contribution in [3.05, 3.63) is 129 Å². The number of aryl methyl sites for hydroxylation is 8. The van der Waals surface area contributed by atoms with Crippen molar-refractivity contribution in [3.8, 4) is 67.5 Å². The van der Waals surface area contributed by atoms with Crippen LogP contribution in [0.1, 0.15) is 95.9 Å². The molecular weight excluding hydrogens is 809 g/mol. The molecule has 2 aliphatic rings. The minimum Gasteiger partial charge on any atom is -0.497 e. The molecule has 8 aromatic carbocycles. The van der Waals surface area contributed by atoms with Gasteiger partial charge in [-0.05, 0) is 249 Å². The van der Waals surface area contributed by atoms with Gasteiger partial charge in [0.2, 0.25) is 0 Å². The minimum atomic E-state index is 0.869. The third kappa shape index (κ3) is 7.95. The number of ether oxygens (including phenoxy) is 4. The Balaban J connectivity index is 0.000000481. The Labute approximate surface area is 393 Å². The lowest BCUT2D eigenvalue weighted by molar-refractivity contribution is 0.171. The highest BCUT2D eigenvalue weighted by Gasteiger charge is 2.28. The van der Waals surface area contributed by atoms with Gasteiger partial charge >= 0.3 is 0 Å². The summed E-state index contributed by atoms with van der Waals surface area (Å²) < 4.78 is 23.0. The molecule has 0 aromatic heterocycles. The topological polar surface area (TPSA) is 36.9 Å². The molecule has 4 heteroatoms. The van der Waals surface area contributed by atoms with Gasteiger partial charge in [-0.15, -0.1) is 0 Å². The zero-order valence-electron chi connectivity index (χ0n) is 41.5. The van der Waals surface area contributed by atoms with E-state index in [4.69, 9.17) is 18.9 Å². The average molecular weight is 877 g/mol. The Bertz CT molecular complexity index is 2630. The van der Waals surface area contributed by atoms with E-state index in [1.807, 2.05) is 0 Å². The van der Waals surface area contributed by atoms with Gasteiger partial charge in [-0.2, -0.15) is 0 Å². The summed E-state index contributed by atoms with van der Waals surface area (Å²) in [6, 6.07) is 31.6. The van der Waals surface area contributed by atoms with Crippen molar-refractivity contribution in [2.75, 3.05) is 28.4 Å². The number of rotatable bonds is 8. The lowest BCUT2D eigenvalue weighted by Crippen LogP contribution is -2.22. The summed E-state index contributed by atoms with van der Waals surface area (Å²) in [4.78, 5) is 0. The van der Waals surface area contributed by atoms with Gasteiger partial charge in [-0.1, -0.05) is 75.6 Å². The van der Waals surface area contributed by atoms with Crippen LogP contribution in [-0.4, -0.2) is 28.4 Å². The maximum Gasteiger partial charge on any atom is 0.119 e. The molecule has 2 saturated carbocycles. The highest BCUT2D eigenvalue weighted by Crippen LogP contribution is 2.52. The van der Waals surface area contributed by atoms with E-state index in [9.17, 15) is 0 Å². The van der Waals surface area contributed by atoms with Gasteiger partial charge in [0.15, 0.2) is 0 Å². The van der Waals surface area contributed by atoms with Crippen molar-refractivity contribution in [3.63, 3.8) is 0 Å². The first-order valence-corrected chi connectivity index (χ1v) is 24.3. The van der Waals surface area contributed by atoms with E-state index in [1.165, 1.54) is 147 Å². The van der Waals surface area contributed by atoms with Gasteiger partial charge in [-0.3, -0.25) is 0 Å². The summed E-state index contributed by atoms with van der Waals surface area (Å²) in [5, 5.41) is 7.47. The van der Waals surface area contributed by atoms with E-state index < -0.39 is 0 Å². The van der Waals surface area contributed by atoms with Crippen molar-refractivity contribution < 1.29 is 18.9 Å². The molecule has 340 valence electrons. The number of methoxy groups -OCH3 is 4. The molecule has 10 rings (SSSR count). The largest absolute Gasteiger partial charge is 0.497 e. The third-order valence-corrected chi connectivity index (χ3v) is 15.4. The summed E-state index contributed by atoms with van der Waals surface area (Å²) in [6.07, 6.45) is 12.4. The van der Waals surface area contributed by atoms with Gasteiger partial charge in [0.05, 0.1) is 28.4 Å².